The van der Waals surface area contributed by atoms with E-state index in [0.29, 0.717) is 17.7 Å². The van der Waals surface area contributed by atoms with Crippen molar-refractivity contribution >= 4 is 5.78 Å². The van der Waals surface area contributed by atoms with Crippen LogP contribution in [0.3, 0.4) is 0 Å². The van der Waals surface area contributed by atoms with Crippen molar-refractivity contribution < 1.29 is 4.79 Å². The van der Waals surface area contributed by atoms with Gasteiger partial charge in [-0.05, 0) is 24.0 Å². The monoisotopic (exact) mass is 319 g/mol. The Morgan fingerprint density at radius 3 is 2.38 bits per heavy atom. The quantitative estimate of drug-likeness (QED) is 0.835. The first-order valence-corrected chi connectivity index (χ1v) is 9.18. The highest BCUT2D eigenvalue weighted by atomic mass is 16.1. The molecule has 0 bridgehead atoms. The van der Waals surface area contributed by atoms with Crippen molar-refractivity contribution in [3.05, 3.63) is 71.8 Å². The van der Waals surface area contributed by atoms with Crippen LogP contribution in [0, 0.1) is 5.92 Å². The molecule has 2 heteroatoms. The van der Waals surface area contributed by atoms with Gasteiger partial charge in [-0.3, -0.25) is 9.69 Å². The Kier molecular flexibility index (Phi) is 4.48. The first-order chi connectivity index (χ1) is 11.8. The zero-order valence-corrected chi connectivity index (χ0v) is 14.1. The van der Waals surface area contributed by atoms with E-state index in [9.17, 15) is 4.79 Å². The second-order valence-corrected chi connectivity index (χ2v) is 7.24. The zero-order chi connectivity index (χ0) is 16.4. The van der Waals surface area contributed by atoms with Crippen LogP contribution in [0.1, 0.15) is 42.7 Å². The van der Waals surface area contributed by atoms with Crippen molar-refractivity contribution in [2.24, 2.45) is 5.92 Å². The first-order valence-electron chi connectivity index (χ1n) is 9.18. The Morgan fingerprint density at radius 2 is 1.62 bits per heavy atom. The summed E-state index contributed by atoms with van der Waals surface area (Å²) >= 11 is 0. The van der Waals surface area contributed by atoms with Crippen LogP contribution in [-0.4, -0.2) is 23.3 Å². The lowest BCUT2D eigenvalue weighted by atomic mass is 9.82. The highest BCUT2D eigenvalue weighted by Crippen LogP contribution is 2.42. The van der Waals surface area contributed by atoms with Gasteiger partial charge in [-0.2, -0.15) is 0 Å². The fourth-order valence-electron chi connectivity index (χ4n) is 4.63. The average molecular weight is 319 g/mol. The molecular formula is C22H25NO. The molecule has 1 aliphatic heterocycles. The van der Waals surface area contributed by atoms with Crippen LogP contribution in [0.4, 0.5) is 0 Å². The number of fused-ring (bicyclic) bond motifs is 1. The lowest BCUT2D eigenvalue weighted by Gasteiger charge is -2.26. The van der Waals surface area contributed by atoms with Gasteiger partial charge in [0.1, 0.15) is 5.78 Å². The van der Waals surface area contributed by atoms with Crippen LogP contribution >= 0.6 is 0 Å². The third kappa shape index (κ3) is 3.03. The molecule has 2 fully saturated rings. The Hall–Kier alpha value is -1.93. The fraction of sp³-hybridized carbons (Fsp3) is 0.409. The van der Waals surface area contributed by atoms with Crippen LogP contribution in [0.25, 0.3) is 0 Å². The van der Waals surface area contributed by atoms with E-state index in [-0.39, 0.29) is 5.92 Å². The topological polar surface area (TPSA) is 20.3 Å². The first kappa shape index (κ1) is 15.6. The molecule has 4 rings (SSSR count). The molecule has 124 valence electrons. The summed E-state index contributed by atoms with van der Waals surface area (Å²) < 4.78 is 0. The average Bonchev–Trinajstić information content (AvgIpc) is 2.87. The van der Waals surface area contributed by atoms with Crippen molar-refractivity contribution in [3.63, 3.8) is 0 Å². The molecule has 0 aromatic heterocycles. The minimum absolute atomic E-state index is 0.179. The van der Waals surface area contributed by atoms with Crippen molar-refractivity contribution in [2.45, 2.75) is 44.2 Å². The summed E-state index contributed by atoms with van der Waals surface area (Å²) in [5.41, 5.74) is 2.68. The van der Waals surface area contributed by atoms with E-state index in [1.54, 1.807) is 0 Å². The van der Waals surface area contributed by atoms with Crippen LogP contribution in [0.15, 0.2) is 60.7 Å². The number of ketones is 1. The van der Waals surface area contributed by atoms with E-state index in [1.807, 2.05) is 0 Å². The molecule has 1 aliphatic carbocycles. The third-order valence-electron chi connectivity index (χ3n) is 5.75. The third-order valence-corrected chi connectivity index (χ3v) is 5.75. The zero-order valence-electron chi connectivity index (χ0n) is 14.1. The van der Waals surface area contributed by atoms with Gasteiger partial charge in [0, 0.05) is 37.4 Å². The van der Waals surface area contributed by atoms with Gasteiger partial charge in [-0.25, -0.2) is 0 Å². The standard InChI is InChI=1S/C22H25NO/c24-21-14-8-7-13-20-22(21)19(18-11-5-2-6-12-18)16-23(20)15-17-9-3-1-4-10-17/h1-6,9-12,19-20,22H,7-8,13-16H2/t19-,20-,22-/m1/s1. The van der Waals surface area contributed by atoms with Gasteiger partial charge in [0.05, 0.1) is 0 Å². The van der Waals surface area contributed by atoms with E-state index in [1.165, 1.54) is 17.5 Å². The van der Waals surface area contributed by atoms with Crippen LogP contribution in [0.5, 0.6) is 0 Å². The van der Waals surface area contributed by atoms with Crippen molar-refractivity contribution in [1.82, 2.24) is 4.90 Å². The van der Waals surface area contributed by atoms with Crippen LogP contribution < -0.4 is 0 Å². The van der Waals surface area contributed by atoms with Gasteiger partial charge in [0.15, 0.2) is 0 Å². The molecule has 0 N–H and O–H groups in total. The predicted molar refractivity (Wildman–Crippen MR) is 96.8 cm³/mol. The Bertz CT molecular complexity index is 682. The number of Topliss-reactive ketones (excluding diaryl/α,β-unsaturated/α-hetero) is 1. The van der Waals surface area contributed by atoms with Gasteiger partial charge >= 0.3 is 0 Å². The number of benzene rings is 2. The van der Waals surface area contributed by atoms with E-state index >= 15 is 0 Å². The molecule has 0 radical (unpaired) electrons. The lowest BCUT2D eigenvalue weighted by molar-refractivity contribution is -0.123. The second-order valence-electron chi connectivity index (χ2n) is 7.24. The highest BCUT2D eigenvalue weighted by molar-refractivity contribution is 5.83. The Labute approximate surface area is 144 Å². The van der Waals surface area contributed by atoms with E-state index in [0.717, 1.165) is 32.4 Å². The van der Waals surface area contributed by atoms with Gasteiger partial charge in [-0.15, -0.1) is 0 Å². The maximum Gasteiger partial charge on any atom is 0.138 e. The fourth-order valence-corrected chi connectivity index (χ4v) is 4.63. The molecule has 1 saturated heterocycles. The van der Waals surface area contributed by atoms with Crippen LogP contribution in [0.2, 0.25) is 0 Å². The molecule has 24 heavy (non-hydrogen) atoms. The summed E-state index contributed by atoms with van der Waals surface area (Å²) in [6.07, 6.45) is 4.17. The lowest BCUT2D eigenvalue weighted by Crippen LogP contribution is -2.34. The maximum absolute atomic E-state index is 12.9. The molecule has 1 heterocycles. The number of hydrogen-bond acceptors (Lipinski definition) is 2. The Morgan fingerprint density at radius 1 is 0.917 bits per heavy atom. The number of hydrogen-bond donors (Lipinski definition) is 0. The SMILES string of the molecule is O=C1CCCC[C@@H]2[C@H]1[C@@H](c1ccccc1)CN2Cc1ccccc1. The number of nitrogens with zero attached hydrogens (tertiary/aromatic N) is 1. The van der Waals surface area contributed by atoms with E-state index in [2.05, 4.69) is 65.6 Å². The summed E-state index contributed by atoms with van der Waals surface area (Å²) in [6, 6.07) is 21.8. The normalized spacial score (nSPS) is 27.7. The molecule has 2 aliphatic rings. The molecular weight excluding hydrogens is 294 g/mol. The summed E-state index contributed by atoms with van der Waals surface area (Å²) in [5, 5.41) is 0. The van der Waals surface area contributed by atoms with Gasteiger partial charge in [-0.1, -0.05) is 67.1 Å². The molecule has 2 aromatic carbocycles. The van der Waals surface area contributed by atoms with Gasteiger partial charge in [0.2, 0.25) is 0 Å². The minimum Gasteiger partial charge on any atom is -0.299 e. The summed E-state index contributed by atoms with van der Waals surface area (Å²) in [7, 11) is 0. The molecule has 2 aromatic rings. The summed E-state index contributed by atoms with van der Waals surface area (Å²) in [5.74, 6) is 1.02. The molecule has 0 amide bonds. The second kappa shape index (κ2) is 6.90. The maximum atomic E-state index is 12.9. The summed E-state index contributed by atoms with van der Waals surface area (Å²) in [6.45, 7) is 1.96. The van der Waals surface area contributed by atoms with E-state index in [4.69, 9.17) is 0 Å². The van der Waals surface area contributed by atoms with Crippen LogP contribution in [-0.2, 0) is 11.3 Å². The summed E-state index contributed by atoms with van der Waals surface area (Å²) in [4.78, 5) is 15.4. The number of carbonyl (C=O) groups excluding carboxylic acids is 1. The molecule has 2 nitrogen and oxygen atoms in total. The van der Waals surface area contributed by atoms with Crippen molar-refractivity contribution in [2.75, 3.05) is 6.54 Å². The largest absolute Gasteiger partial charge is 0.299 e. The highest BCUT2D eigenvalue weighted by Gasteiger charge is 2.46. The number of likely N-dealkylation sites (tertiary alicyclic amines) is 1. The minimum atomic E-state index is 0.179. The molecule has 0 spiro atoms. The molecule has 0 unspecified atom stereocenters. The smallest absolute Gasteiger partial charge is 0.138 e. The molecule has 1 saturated carbocycles. The van der Waals surface area contributed by atoms with Gasteiger partial charge in [0.25, 0.3) is 0 Å². The molecule has 3 atom stereocenters. The number of carbonyl (C=O) groups is 1. The Balaban J connectivity index is 1.64. The van der Waals surface area contributed by atoms with Crippen molar-refractivity contribution in [1.29, 1.82) is 0 Å². The predicted octanol–water partition coefficient (Wildman–Crippen LogP) is 4.41. The van der Waals surface area contributed by atoms with Crippen molar-refractivity contribution in [3.8, 4) is 0 Å². The van der Waals surface area contributed by atoms with Gasteiger partial charge < -0.3 is 0 Å². The number of rotatable bonds is 3. The van der Waals surface area contributed by atoms with E-state index < -0.39 is 0 Å².